The minimum Gasteiger partial charge on any atom is -0.439 e. The molecule has 0 fully saturated rings. The minimum atomic E-state index is -0.322. The Balaban J connectivity index is 1.46. The molecule has 4 aromatic rings. The van der Waals surface area contributed by atoms with Crippen molar-refractivity contribution in [3.63, 3.8) is 0 Å². The van der Waals surface area contributed by atoms with Crippen molar-refractivity contribution in [3.8, 4) is 23.0 Å². The van der Waals surface area contributed by atoms with E-state index in [9.17, 15) is 9.18 Å². The van der Waals surface area contributed by atoms with Crippen LogP contribution in [0.5, 0.6) is 11.6 Å². The van der Waals surface area contributed by atoms with Crippen LogP contribution in [-0.2, 0) is 0 Å². The fourth-order valence-corrected chi connectivity index (χ4v) is 2.84. The van der Waals surface area contributed by atoms with E-state index in [2.05, 4.69) is 15.3 Å². The molecule has 0 unspecified atom stereocenters. The van der Waals surface area contributed by atoms with E-state index in [4.69, 9.17) is 4.74 Å². The van der Waals surface area contributed by atoms with Gasteiger partial charge in [0.15, 0.2) is 5.82 Å². The lowest BCUT2D eigenvalue weighted by Crippen LogP contribution is -2.12. The average Bonchev–Trinajstić information content (AvgIpc) is 2.76. The van der Waals surface area contributed by atoms with Gasteiger partial charge in [0.1, 0.15) is 11.6 Å². The second kappa shape index (κ2) is 8.53. The van der Waals surface area contributed by atoms with E-state index >= 15 is 0 Å². The summed E-state index contributed by atoms with van der Waals surface area (Å²) in [5.74, 6) is 0.795. The number of hydrogen-bond acceptors (Lipinski definition) is 4. The summed E-state index contributed by atoms with van der Waals surface area (Å²) in [6, 6.07) is 21.9. The highest BCUT2D eigenvalue weighted by Crippen LogP contribution is 2.23. The molecule has 1 N–H and O–H groups in total. The number of nitrogens with one attached hydrogen (secondary N) is 1. The van der Waals surface area contributed by atoms with Crippen molar-refractivity contribution in [2.24, 2.45) is 0 Å². The van der Waals surface area contributed by atoms with Crippen molar-refractivity contribution < 1.29 is 13.9 Å². The van der Waals surface area contributed by atoms with Gasteiger partial charge in [0, 0.05) is 29.1 Å². The summed E-state index contributed by atoms with van der Waals surface area (Å²) in [5.41, 5.74) is 2.97. The summed E-state index contributed by atoms with van der Waals surface area (Å²) < 4.78 is 18.9. The van der Waals surface area contributed by atoms with Crippen molar-refractivity contribution in [1.29, 1.82) is 0 Å². The van der Waals surface area contributed by atoms with Crippen LogP contribution in [0.4, 0.5) is 10.1 Å². The van der Waals surface area contributed by atoms with E-state index in [1.165, 1.54) is 12.1 Å². The standard InChI is InChI=1S/C24H18FN3O2/c1-16-4-2-3-5-21(16)27-24(29)18-8-12-20(13-9-18)30-22-14-15-26-23(28-22)17-6-10-19(25)11-7-17/h2-15H,1H3,(H,27,29). The Hall–Kier alpha value is -4.06. The van der Waals surface area contributed by atoms with E-state index < -0.39 is 0 Å². The predicted octanol–water partition coefficient (Wildman–Crippen LogP) is 5.64. The topological polar surface area (TPSA) is 64.1 Å². The highest BCUT2D eigenvalue weighted by atomic mass is 19.1. The molecule has 1 aromatic heterocycles. The van der Waals surface area contributed by atoms with Gasteiger partial charge < -0.3 is 10.1 Å². The molecule has 4 rings (SSSR count). The van der Waals surface area contributed by atoms with Gasteiger partial charge in [0.2, 0.25) is 5.88 Å². The zero-order valence-corrected chi connectivity index (χ0v) is 16.2. The number of para-hydroxylation sites is 1. The number of halogens is 1. The predicted molar refractivity (Wildman–Crippen MR) is 113 cm³/mol. The Morgan fingerprint density at radius 3 is 2.40 bits per heavy atom. The van der Waals surface area contributed by atoms with E-state index in [1.807, 2.05) is 31.2 Å². The number of anilines is 1. The third-order valence-corrected chi connectivity index (χ3v) is 4.46. The van der Waals surface area contributed by atoms with Gasteiger partial charge >= 0.3 is 0 Å². The molecule has 0 aliphatic carbocycles. The van der Waals surface area contributed by atoms with Crippen LogP contribution in [0.15, 0.2) is 85.1 Å². The van der Waals surface area contributed by atoms with Crippen molar-refractivity contribution >= 4 is 11.6 Å². The number of hydrogen-bond donors (Lipinski definition) is 1. The van der Waals surface area contributed by atoms with Gasteiger partial charge in [0.25, 0.3) is 5.91 Å². The van der Waals surface area contributed by atoms with Gasteiger partial charge in [-0.25, -0.2) is 9.37 Å². The van der Waals surface area contributed by atoms with Crippen LogP contribution in [0, 0.1) is 12.7 Å². The molecule has 0 bridgehead atoms. The van der Waals surface area contributed by atoms with Gasteiger partial charge in [-0.15, -0.1) is 0 Å². The van der Waals surface area contributed by atoms with Crippen LogP contribution in [-0.4, -0.2) is 15.9 Å². The maximum absolute atomic E-state index is 13.1. The Morgan fingerprint density at radius 1 is 0.933 bits per heavy atom. The second-order valence-corrected chi connectivity index (χ2v) is 6.62. The third kappa shape index (κ3) is 4.50. The largest absolute Gasteiger partial charge is 0.439 e. The summed E-state index contributed by atoms with van der Waals surface area (Å²) in [7, 11) is 0. The summed E-state index contributed by atoms with van der Waals surface area (Å²) >= 11 is 0. The Kier molecular flexibility index (Phi) is 5.48. The van der Waals surface area contributed by atoms with Crippen LogP contribution in [0.25, 0.3) is 11.4 Å². The fourth-order valence-electron chi connectivity index (χ4n) is 2.84. The molecule has 3 aromatic carbocycles. The lowest BCUT2D eigenvalue weighted by atomic mass is 10.1. The van der Waals surface area contributed by atoms with Gasteiger partial charge in [-0.1, -0.05) is 18.2 Å². The first-order valence-electron chi connectivity index (χ1n) is 9.32. The van der Waals surface area contributed by atoms with Crippen LogP contribution in [0.2, 0.25) is 0 Å². The van der Waals surface area contributed by atoms with Crippen molar-refractivity contribution in [1.82, 2.24) is 9.97 Å². The number of benzene rings is 3. The summed E-state index contributed by atoms with van der Waals surface area (Å²) in [4.78, 5) is 21.0. The quantitative estimate of drug-likeness (QED) is 0.472. The first kappa shape index (κ1) is 19.3. The normalized spacial score (nSPS) is 10.5. The van der Waals surface area contributed by atoms with Gasteiger partial charge in [-0.2, -0.15) is 4.98 Å². The monoisotopic (exact) mass is 399 g/mol. The van der Waals surface area contributed by atoms with Crippen LogP contribution < -0.4 is 10.1 Å². The third-order valence-electron chi connectivity index (χ3n) is 4.46. The molecule has 0 saturated carbocycles. The second-order valence-electron chi connectivity index (χ2n) is 6.62. The molecule has 0 saturated heterocycles. The smallest absolute Gasteiger partial charge is 0.255 e. The number of amides is 1. The van der Waals surface area contributed by atoms with E-state index in [1.54, 1.807) is 48.7 Å². The molecule has 30 heavy (non-hydrogen) atoms. The van der Waals surface area contributed by atoms with Gasteiger partial charge in [0.05, 0.1) is 0 Å². The number of ether oxygens (including phenoxy) is 1. The molecule has 0 atom stereocenters. The van der Waals surface area contributed by atoms with Crippen LogP contribution >= 0.6 is 0 Å². The molecule has 0 radical (unpaired) electrons. The number of carbonyl (C=O) groups is 1. The zero-order valence-electron chi connectivity index (χ0n) is 16.2. The SMILES string of the molecule is Cc1ccccc1NC(=O)c1ccc(Oc2ccnc(-c3ccc(F)cc3)n2)cc1. The minimum absolute atomic E-state index is 0.198. The van der Waals surface area contributed by atoms with E-state index in [0.717, 1.165) is 11.3 Å². The zero-order chi connectivity index (χ0) is 20.9. The lowest BCUT2D eigenvalue weighted by Gasteiger charge is -2.09. The number of aromatic nitrogens is 2. The average molecular weight is 399 g/mol. The summed E-state index contributed by atoms with van der Waals surface area (Å²) in [6.45, 7) is 1.94. The number of aryl methyl sites for hydroxylation is 1. The lowest BCUT2D eigenvalue weighted by molar-refractivity contribution is 0.102. The van der Waals surface area contributed by atoms with Crippen LogP contribution in [0.3, 0.4) is 0 Å². The van der Waals surface area contributed by atoms with E-state index in [0.29, 0.717) is 28.6 Å². The maximum Gasteiger partial charge on any atom is 0.255 e. The van der Waals surface area contributed by atoms with Crippen molar-refractivity contribution in [2.75, 3.05) is 5.32 Å². The number of carbonyl (C=O) groups excluding carboxylic acids is 1. The van der Waals surface area contributed by atoms with Crippen molar-refractivity contribution in [2.45, 2.75) is 6.92 Å². The molecule has 0 spiro atoms. The number of nitrogens with zero attached hydrogens (tertiary/aromatic N) is 2. The van der Waals surface area contributed by atoms with Gasteiger partial charge in [-0.3, -0.25) is 4.79 Å². The molecule has 148 valence electrons. The first-order valence-corrected chi connectivity index (χ1v) is 9.32. The number of rotatable bonds is 5. The fraction of sp³-hybridized carbons (Fsp3) is 0.0417. The Labute approximate surface area is 173 Å². The first-order chi connectivity index (χ1) is 14.6. The molecule has 5 nitrogen and oxygen atoms in total. The van der Waals surface area contributed by atoms with Gasteiger partial charge in [-0.05, 0) is 67.1 Å². The summed E-state index contributed by atoms with van der Waals surface area (Å²) in [6.07, 6.45) is 1.57. The van der Waals surface area contributed by atoms with Crippen LogP contribution in [0.1, 0.15) is 15.9 Å². The molecular formula is C24H18FN3O2. The molecular weight excluding hydrogens is 381 g/mol. The Morgan fingerprint density at radius 2 is 1.67 bits per heavy atom. The Bertz CT molecular complexity index is 1180. The van der Waals surface area contributed by atoms with Crippen molar-refractivity contribution in [3.05, 3.63) is 102 Å². The maximum atomic E-state index is 13.1. The van der Waals surface area contributed by atoms with E-state index in [-0.39, 0.29) is 11.7 Å². The molecule has 0 aliphatic rings. The highest BCUT2D eigenvalue weighted by Gasteiger charge is 2.09. The molecule has 1 heterocycles. The molecule has 1 amide bonds. The highest BCUT2D eigenvalue weighted by molar-refractivity contribution is 6.04. The molecule has 6 heteroatoms. The molecule has 0 aliphatic heterocycles. The summed E-state index contributed by atoms with van der Waals surface area (Å²) in [5, 5.41) is 2.90.